The van der Waals surface area contributed by atoms with E-state index in [1.165, 1.54) is 12.8 Å². The molecule has 1 aromatic rings. The Bertz CT molecular complexity index is 398. The number of azo groups is 1. The third kappa shape index (κ3) is 2.30. The van der Waals surface area contributed by atoms with Crippen LogP contribution in [0.2, 0.25) is 0 Å². The maximum Gasteiger partial charge on any atom is 0.198 e. The summed E-state index contributed by atoms with van der Waals surface area (Å²) >= 11 is 1.56. The monoisotopic (exact) mass is 233 g/mol. The topological polar surface area (TPSA) is 48.5 Å². The molecule has 0 saturated heterocycles. The molecule has 1 aromatic heterocycles. The van der Waals surface area contributed by atoms with Crippen LogP contribution in [0.25, 0.3) is 0 Å². The van der Waals surface area contributed by atoms with Gasteiger partial charge >= 0.3 is 0 Å². The smallest absolute Gasteiger partial charge is 0.195 e. The van der Waals surface area contributed by atoms with Gasteiger partial charge in [-0.2, -0.15) is 15.5 Å². The number of nitrogens with zero attached hydrogens (tertiary/aromatic N) is 3. The number of rotatable bonds is 3. The van der Waals surface area contributed by atoms with E-state index in [1.807, 2.05) is 24.4 Å². The highest BCUT2D eigenvalue weighted by Crippen LogP contribution is 2.30. The van der Waals surface area contributed by atoms with Crippen molar-refractivity contribution in [3.05, 3.63) is 22.4 Å². The summed E-state index contributed by atoms with van der Waals surface area (Å²) in [6, 6.07) is 6.49. The van der Waals surface area contributed by atoms with E-state index in [1.54, 1.807) is 11.3 Å². The minimum Gasteiger partial charge on any atom is -0.195 e. The number of nitriles is 1. The summed E-state index contributed by atoms with van der Waals surface area (Å²) in [7, 11) is 0. The summed E-state index contributed by atoms with van der Waals surface area (Å²) in [5.41, 5.74) is -0.795. The van der Waals surface area contributed by atoms with Crippen LogP contribution in [0.4, 0.5) is 0 Å². The predicted molar refractivity (Wildman–Crippen MR) is 64.4 cm³/mol. The fourth-order valence-corrected chi connectivity index (χ4v) is 2.68. The Balaban J connectivity index is 2.13. The first-order chi connectivity index (χ1) is 7.74. The van der Waals surface area contributed by atoms with Gasteiger partial charge < -0.3 is 0 Å². The molecule has 1 aliphatic carbocycles. The largest absolute Gasteiger partial charge is 0.198 e. The quantitative estimate of drug-likeness (QED) is 0.731. The molecule has 3 nitrogen and oxygen atoms in total. The van der Waals surface area contributed by atoms with E-state index in [-0.39, 0.29) is 0 Å². The number of thiophene rings is 1. The zero-order chi connectivity index (χ0) is 11.4. The van der Waals surface area contributed by atoms with E-state index in [0.717, 1.165) is 17.7 Å². The van der Waals surface area contributed by atoms with Gasteiger partial charge in [0.15, 0.2) is 5.54 Å². The zero-order valence-corrected chi connectivity index (χ0v) is 10.2. The summed E-state index contributed by atoms with van der Waals surface area (Å²) in [4.78, 5) is 0.969. The van der Waals surface area contributed by atoms with Gasteiger partial charge in [-0.1, -0.05) is 18.9 Å². The Kier molecular flexibility index (Phi) is 3.35. The van der Waals surface area contributed by atoms with Gasteiger partial charge in [0, 0.05) is 4.88 Å². The first-order valence-corrected chi connectivity index (χ1v) is 6.50. The van der Waals surface area contributed by atoms with Crippen molar-refractivity contribution >= 4 is 11.3 Å². The van der Waals surface area contributed by atoms with Crippen LogP contribution >= 0.6 is 11.3 Å². The molecule has 1 unspecified atom stereocenters. The molecular formula is C12H15N3S. The standard InChI is InChI=1S/C12H15N3S/c1-12(9-13,11-7-4-8-16-11)15-14-10-5-2-3-6-10/h4,7-8,10H,2-3,5-6H2,1H3/b15-14+. The van der Waals surface area contributed by atoms with Crippen LogP contribution in [0.15, 0.2) is 27.7 Å². The number of hydrogen-bond donors (Lipinski definition) is 0. The van der Waals surface area contributed by atoms with Gasteiger partial charge in [-0.25, -0.2) is 0 Å². The van der Waals surface area contributed by atoms with E-state index >= 15 is 0 Å². The first-order valence-electron chi connectivity index (χ1n) is 5.62. The summed E-state index contributed by atoms with van der Waals surface area (Å²) in [6.07, 6.45) is 4.73. The lowest BCUT2D eigenvalue weighted by molar-refractivity contribution is 0.554. The van der Waals surface area contributed by atoms with Crippen LogP contribution < -0.4 is 0 Å². The fraction of sp³-hybridized carbons (Fsp3) is 0.583. The maximum atomic E-state index is 9.23. The van der Waals surface area contributed by atoms with Crippen LogP contribution in [0.5, 0.6) is 0 Å². The van der Waals surface area contributed by atoms with Gasteiger partial charge in [0.25, 0.3) is 0 Å². The van der Waals surface area contributed by atoms with Gasteiger partial charge in [-0.05, 0) is 31.2 Å². The van der Waals surface area contributed by atoms with Crippen molar-refractivity contribution < 1.29 is 0 Å². The molecular weight excluding hydrogens is 218 g/mol. The van der Waals surface area contributed by atoms with Crippen molar-refractivity contribution in [1.82, 2.24) is 0 Å². The predicted octanol–water partition coefficient (Wildman–Crippen LogP) is 3.88. The van der Waals surface area contributed by atoms with Crippen molar-refractivity contribution in [2.75, 3.05) is 0 Å². The molecule has 1 aliphatic rings. The van der Waals surface area contributed by atoms with Gasteiger partial charge in [0.1, 0.15) is 6.07 Å². The minimum atomic E-state index is -0.795. The van der Waals surface area contributed by atoms with Gasteiger partial charge in [-0.15, -0.1) is 11.3 Å². The number of hydrogen-bond acceptors (Lipinski definition) is 4. The molecule has 0 aliphatic heterocycles. The lowest BCUT2D eigenvalue weighted by atomic mass is 10.0. The highest BCUT2D eigenvalue weighted by atomic mass is 32.1. The molecule has 0 aromatic carbocycles. The molecule has 0 bridgehead atoms. The third-order valence-electron chi connectivity index (χ3n) is 2.96. The van der Waals surface area contributed by atoms with E-state index in [9.17, 15) is 5.26 Å². The van der Waals surface area contributed by atoms with E-state index in [0.29, 0.717) is 6.04 Å². The molecule has 16 heavy (non-hydrogen) atoms. The lowest BCUT2D eigenvalue weighted by Crippen LogP contribution is -2.14. The van der Waals surface area contributed by atoms with Gasteiger partial charge in [0.05, 0.1) is 6.04 Å². The normalized spacial score (nSPS) is 21.0. The van der Waals surface area contributed by atoms with Crippen LogP contribution in [-0.4, -0.2) is 6.04 Å². The van der Waals surface area contributed by atoms with E-state index < -0.39 is 5.54 Å². The lowest BCUT2D eigenvalue weighted by Gasteiger charge is -2.13. The highest BCUT2D eigenvalue weighted by Gasteiger charge is 2.28. The second-order valence-electron chi connectivity index (χ2n) is 4.32. The van der Waals surface area contributed by atoms with Crippen molar-refractivity contribution in [2.45, 2.75) is 44.2 Å². The Labute approximate surface area is 99.8 Å². The van der Waals surface area contributed by atoms with E-state index in [4.69, 9.17) is 0 Å². The van der Waals surface area contributed by atoms with Crippen molar-refractivity contribution in [1.29, 1.82) is 5.26 Å². The van der Waals surface area contributed by atoms with Crippen molar-refractivity contribution in [3.8, 4) is 6.07 Å². The molecule has 1 heterocycles. The molecule has 84 valence electrons. The first kappa shape index (κ1) is 11.3. The Hall–Kier alpha value is -1.21. The fourth-order valence-electron chi connectivity index (χ4n) is 1.90. The zero-order valence-electron chi connectivity index (χ0n) is 9.39. The summed E-state index contributed by atoms with van der Waals surface area (Å²) in [5.74, 6) is 0. The summed E-state index contributed by atoms with van der Waals surface area (Å²) in [6.45, 7) is 1.83. The van der Waals surface area contributed by atoms with E-state index in [2.05, 4.69) is 16.3 Å². The Morgan fingerprint density at radius 2 is 2.25 bits per heavy atom. The van der Waals surface area contributed by atoms with Crippen molar-refractivity contribution in [3.63, 3.8) is 0 Å². The molecule has 1 fully saturated rings. The van der Waals surface area contributed by atoms with Crippen LogP contribution in [0.1, 0.15) is 37.5 Å². The van der Waals surface area contributed by atoms with Crippen LogP contribution in [0.3, 0.4) is 0 Å². The minimum absolute atomic E-state index is 0.340. The maximum absolute atomic E-state index is 9.23. The van der Waals surface area contributed by atoms with Crippen LogP contribution in [0, 0.1) is 11.3 Å². The second-order valence-corrected chi connectivity index (χ2v) is 5.26. The molecule has 0 N–H and O–H groups in total. The van der Waals surface area contributed by atoms with Gasteiger partial charge in [-0.3, -0.25) is 0 Å². The Morgan fingerprint density at radius 1 is 1.50 bits per heavy atom. The molecule has 0 spiro atoms. The van der Waals surface area contributed by atoms with Crippen LogP contribution in [-0.2, 0) is 5.54 Å². The summed E-state index contributed by atoms with van der Waals surface area (Å²) in [5, 5.41) is 19.8. The third-order valence-corrected chi connectivity index (χ3v) is 4.05. The molecule has 4 heteroatoms. The second kappa shape index (κ2) is 4.75. The molecule has 2 rings (SSSR count). The summed E-state index contributed by atoms with van der Waals surface area (Å²) < 4.78 is 0. The molecule has 0 radical (unpaired) electrons. The molecule has 1 saturated carbocycles. The van der Waals surface area contributed by atoms with Crippen molar-refractivity contribution in [2.24, 2.45) is 10.2 Å². The van der Waals surface area contributed by atoms with Gasteiger partial charge in [0.2, 0.25) is 0 Å². The molecule has 0 amide bonds. The molecule has 1 atom stereocenters. The Morgan fingerprint density at radius 3 is 2.81 bits per heavy atom. The average Bonchev–Trinajstić information content (AvgIpc) is 2.98. The highest BCUT2D eigenvalue weighted by molar-refractivity contribution is 7.10. The average molecular weight is 233 g/mol. The SMILES string of the molecule is CC(C#N)(/N=N/C1CCCC1)c1cccs1.